The van der Waals surface area contributed by atoms with Crippen LogP contribution in [0.15, 0.2) is 54.7 Å². The van der Waals surface area contributed by atoms with Crippen LogP contribution in [0.1, 0.15) is 12.5 Å². The number of benzene rings is 2. The van der Waals surface area contributed by atoms with Crippen molar-refractivity contribution >= 4 is 34.3 Å². The maximum Gasteiger partial charge on any atom is 0.300 e. The van der Waals surface area contributed by atoms with E-state index in [2.05, 4.69) is 25.5 Å². The zero-order valence-electron chi connectivity index (χ0n) is 15.6. The zero-order valence-corrected chi connectivity index (χ0v) is 15.6. The third-order valence-electron chi connectivity index (χ3n) is 3.92. The topological polar surface area (TPSA) is 150 Å². The highest BCUT2D eigenvalue weighted by atomic mass is 16.4. The van der Waals surface area contributed by atoms with Crippen molar-refractivity contribution in [3.05, 3.63) is 60.3 Å². The lowest BCUT2D eigenvalue weighted by molar-refractivity contribution is -0.134. The Bertz CT molecular complexity index is 1120. The van der Waals surface area contributed by atoms with Gasteiger partial charge >= 0.3 is 0 Å². The molecule has 4 aromatic rings. The van der Waals surface area contributed by atoms with Gasteiger partial charge in [0.25, 0.3) is 5.97 Å². The van der Waals surface area contributed by atoms with Crippen molar-refractivity contribution in [1.82, 2.24) is 20.2 Å². The van der Waals surface area contributed by atoms with Gasteiger partial charge in [0.05, 0.1) is 17.8 Å². The van der Waals surface area contributed by atoms with E-state index in [1.807, 2.05) is 42.5 Å². The van der Waals surface area contributed by atoms with Crippen LogP contribution in [-0.4, -0.2) is 36.3 Å². The number of nitrogen functional groups attached to an aromatic ring is 1. The normalized spacial score (nSPS) is 10.3. The third kappa shape index (κ3) is 5.05. The molecule has 9 nitrogen and oxygen atoms in total. The van der Waals surface area contributed by atoms with Gasteiger partial charge in [-0.3, -0.25) is 9.89 Å². The minimum atomic E-state index is -0.833. The summed E-state index contributed by atoms with van der Waals surface area (Å²) in [5.74, 6) is 0.0169. The molecular weight excluding hydrogens is 372 g/mol. The van der Waals surface area contributed by atoms with E-state index in [1.165, 1.54) is 0 Å². The van der Waals surface area contributed by atoms with E-state index in [4.69, 9.17) is 15.6 Å². The summed E-state index contributed by atoms with van der Waals surface area (Å²) in [5, 5.41) is 28.3. The Balaban J connectivity index is 0.000000552. The number of hydrogen-bond donors (Lipinski definition) is 5. The summed E-state index contributed by atoms with van der Waals surface area (Å²) in [6.45, 7) is 1.11. The van der Waals surface area contributed by atoms with E-state index in [0.29, 0.717) is 5.82 Å². The number of rotatable bonds is 4. The van der Waals surface area contributed by atoms with E-state index in [-0.39, 0.29) is 12.6 Å². The fraction of sp³-hybridized carbons (Fsp3) is 0.100. The lowest BCUT2D eigenvalue weighted by Crippen LogP contribution is -1.98. The van der Waals surface area contributed by atoms with E-state index >= 15 is 0 Å². The summed E-state index contributed by atoms with van der Waals surface area (Å²) in [4.78, 5) is 17.0. The Morgan fingerprint density at radius 2 is 1.90 bits per heavy atom. The van der Waals surface area contributed by atoms with Crippen LogP contribution in [-0.2, 0) is 11.4 Å². The lowest BCUT2D eigenvalue weighted by Gasteiger charge is -2.06. The first kappa shape index (κ1) is 19.8. The number of aromatic nitrogens is 4. The second-order valence-electron chi connectivity index (χ2n) is 6.13. The summed E-state index contributed by atoms with van der Waals surface area (Å²) in [6.07, 6.45) is 1.61. The van der Waals surface area contributed by atoms with Gasteiger partial charge in [0.15, 0.2) is 0 Å². The summed E-state index contributed by atoms with van der Waals surface area (Å²) < 4.78 is 0. The van der Waals surface area contributed by atoms with Crippen LogP contribution in [0, 0.1) is 0 Å². The minimum absolute atomic E-state index is 0.0255. The molecule has 0 bridgehead atoms. The Kier molecular flexibility index (Phi) is 6.00. The van der Waals surface area contributed by atoms with Crippen LogP contribution in [0.5, 0.6) is 0 Å². The molecular formula is C20H20N6O3. The van der Waals surface area contributed by atoms with Crippen LogP contribution in [0.2, 0.25) is 0 Å². The molecule has 0 saturated heterocycles. The molecule has 0 radical (unpaired) electrons. The molecule has 29 heavy (non-hydrogen) atoms. The Morgan fingerprint density at radius 3 is 2.55 bits per heavy atom. The molecule has 0 saturated carbocycles. The number of nitrogens with zero attached hydrogens (tertiary/aromatic N) is 3. The van der Waals surface area contributed by atoms with Gasteiger partial charge in [0.1, 0.15) is 5.82 Å². The molecule has 0 spiro atoms. The fourth-order valence-corrected chi connectivity index (χ4v) is 2.67. The minimum Gasteiger partial charge on any atom is -0.481 e. The third-order valence-corrected chi connectivity index (χ3v) is 3.92. The first-order valence-electron chi connectivity index (χ1n) is 8.69. The van der Waals surface area contributed by atoms with E-state index < -0.39 is 5.97 Å². The van der Waals surface area contributed by atoms with E-state index in [0.717, 1.165) is 40.3 Å². The molecule has 2 aromatic heterocycles. The average Bonchev–Trinajstić information content (AvgIpc) is 3.11. The molecule has 0 atom stereocenters. The number of aromatic amines is 1. The monoisotopic (exact) mass is 392 g/mol. The largest absolute Gasteiger partial charge is 0.481 e. The second kappa shape index (κ2) is 8.81. The Labute approximate surface area is 166 Å². The average molecular weight is 392 g/mol. The van der Waals surface area contributed by atoms with Gasteiger partial charge < -0.3 is 21.3 Å². The zero-order chi connectivity index (χ0) is 20.8. The number of carboxylic acids is 1. The Hall–Kier alpha value is -3.98. The number of nitrogens with two attached hydrogens (primary N) is 1. The predicted molar refractivity (Wildman–Crippen MR) is 110 cm³/mol. The van der Waals surface area contributed by atoms with Gasteiger partial charge in [-0.15, -0.1) is 0 Å². The molecule has 0 aliphatic rings. The highest BCUT2D eigenvalue weighted by Gasteiger charge is 2.09. The van der Waals surface area contributed by atoms with Crippen molar-refractivity contribution in [1.29, 1.82) is 0 Å². The number of nitrogens with one attached hydrogen (secondary N) is 2. The maximum absolute atomic E-state index is 9.18. The molecule has 2 heterocycles. The number of carboxylic acid groups (broad SMARTS) is 1. The van der Waals surface area contributed by atoms with Crippen LogP contribution < -0.4 is 11.1 Å². The van der Waals surface area contributed by atoms with Gasteiger partial charge in [-0.1, -0.05) is 24.3 Å². The number of aliphatic carboxylic acids is 1. The number of fused-ring (bicyclic) bond motifs is 1. The maximum atomic E-state index is 9.18. The van der Waals surface area contributed by atoms with Crippen LogP contribution >= 0.6 is 0 Å². The number of aliphatic hydroxyl groups is 1. The molecule has 0 aliphatic heterocycles. The fourth-order valence-electron chi connectivity index (χ4n) is 2.67. The van der Waals surface area contributed by atoms with Crippen molar-refractivity contribution in [3.63, 3.8) is 0 Å². The van der Waals surface area contributed by atoms with Gasteiger partial charge in [0, 0.05) is 29.8 Å². The lowest BCUT2D eigenvalue weighted by atomic mass is 10.1. The summed E-state index contributed by atoms with van der Waals surface area (Å²) in [5.41, 5.74) is 10.1. The van der Waals surface area contributed by atoms with Gasteiger partial charge in [-0.2, -0.15) is 10.1 Å². The molecule has 148 valence electrons. The molecule has 4 rings (SSSR count). The number of aliphatic hydroxyl groups excluding tert-OH is 1. The van der Waals surface area contributed by atoms with Crippen molar-refractivity contribution in [3.8, 4) is 11.3 Å². The van der Waals surface area contributed by atoms with Gasteiger partial charge in [-0.05, 0) is 29.8 Å². The number of carbonyl (C=O) groups is 1. The quantitative estimate of drug-likeness (QED) is 0.356. The second-order valence-corrected chi connectivity index (χ2v) is 6.13. The van der Waals surface area contributed by atoms with E-state index in [1.54, 1.807) is 12.3 Å². The molecule has 9 heteroatoms. The van der Waals surface area contributed by atoms with Gasteiger partial charge in [-0.25, -0.2) is 4.98 Å². The van der Waals surface area contributed by atoms with E-state index in [9.17, 15) is 5.11 Å². The molecule has 0 amide bonds. The summed E-state index contributed by atoms with van der Waals surface area (Å²) in [6, 6.07) is 15.3. The number of H-pyrrole nitrogens is 1. The highest BCUT2D eigenvalue weighted by Crippen LogP contribution is 2.29. The number of hydrogen-bond acceptors (Lipinski definition) is 7. The highest BCUT2D eigenvalue weighted by molar-refractivity contribution is 5.95. The van der Waals surface area contributed by atoms with Crippen molar-refractivity contribution in [2.75, 3.05) is 11.1 Å². The standard InChI is InChI=1S/C18H16N6O.C2H4O2/c19-18-20-8-7-16(22-18)21-13-5-6-15-14(9-13)17(24-23-15)12-3-1-11(10-25)2-4-12;1-2(3)4/h1-9,25H,10H2,(H,23,24)(H3,19,20,21,22);1H3,(H,3,4). The number of anilines is 3. The van der Waals surface area contributed by atoms with Crippen molar-refractivity contribution in [2.24, 2.45) is 0 Å². The summed E-state index contributed by atoms with van der Waals surface area (Å²) in [7, 11) is 0. The van der Waals surface area contributed by atoms with Crippen LogP contribution in [0.25, 0.3) is 22.2 Å². The Morgan fingerprint density at radius 1 is 1.17 bits per heavy atom. The first-order valence-corrected chi connectivity index (χ1v) is 8.69. The smallest absolute Gasteiger partial charge is 0.300 e. The summed E-state index contributed by atoms with van der Waals surface area (Å²) >= 11 is 0. The molecule has 0 fully saturated rings. The molecule has 2 aromatic carbocycles. The van der Waals surface area contributed by atoms with Crippen LogP contribution in [0.3, 0.4) is 0 Å². The first-order chi connectivity index (χ1) is 14.0. The molecule has 6 N–H and O–H groups in total. The SMILES string of the molecule is CC(=O)O.Nc1nccc(Nc2ccc3[nH]nc(-c4ccc(CO)cc4)c3c2)n1. The van der Waals surface area contributed by atoms with Crippen molar-refractivity contribution in [2.45, 2.75) is 13.5 Å². The van der Waals surface area contributed by atoms with Crippen molar-refractivity contribution < 1.29 is 15.0 Å². The molecule has 0 unspecified atom stereocenters. The van der Waals surface area contributed by atoms with Gasteiger partial charge in [0.2, 0.25) is 5.95 Å². The molecule has 0 aliphatic carbocycles. The predicted octanol–water partition coefficient (Wildman–Crippen LogP) is 2.93. The van der Waals surface area contributed by atoms with Crippen LogP contribution in [0.4, 0.5) is 17.5 Å².